The average Bonchev–Trinajstić information content (AvgIpc) is 3.02. The van der Waals surface area contributed by atoms with Gasteiger partial charge in [0.15, 0.2) is 0 Å². The highest BCUT2D eigenvalue weighted by molar-refractivity contribution is 5.84. The lowest BCUT2D eigenvalue weighted by Crippen LogP contribution is -2.41. The molecule has 2 fully saturated rings. The molecule has 6 heteroatoms. The molecule has 1 aromatic heterocycles. The van der Waals surface area contributed by atoms with Crippen LogP contribution >= 0.6 is 0 Å². The molecule has 2 atom stereocenters. The van der Waals surface area contributed by atoms with Crippen LogP contribution in [0, 0.1) is 11.7 Å². The smallest absolute Gasteiger partial charge is 0.228 e. The number of rotatable bonds is 4. The molecule has 2 amide bonds. The molecule has 3 rings (SSSR count). The van der Waals surface area contributed by atoms with Crippen LogP contribution in [0.3, 0.4) is 0 Å². The second-order valence-electron chi connectivity index (χ2n) is 6.80. The van der Waals surface area contributed by atoms with Crippen molar-refractivity contribution in [2.45, 2.75) is 45.2 Å². The molecule has 2 saturated heterocycles. The molecular weight excluding hydrogens is 297 g/mol. The summed E-state index contributed by atoms with van der Waals surface area (Å²) in [7, 11) is 0. The Morgan fingerprint density at radius 2 is 2.17 bits per heavy atom. The SMILES string of the molecule is CC(C)CN1C(=O)C[C@@H]2[C@@H]1CCN2C(=O)Cc1ccc(F)cn1. The van der Waals surface area contributed by atoms with Gasteiger partial charge in [-0.3, -0.25) is 14.6 Å². The fourth-order valence-corrected chi connectivity index (χ4v) is 3.64. The van der Waals surface area contributed by atoms with Crippen LogP contribution in [-0.2, 0) is 16.0 Å². The normalized spacial score (nSPS) is 23.7. The van der Waals surface area contributed by atoms with Gasteiger partial charge in [0.1, 0.15) is 5.82 Å². The minimum Gasteiger partial charge on any atom is -0.337 e. The van der Waals surface area contributed by atoms with Crippen molar-refractivity contribution in [1.82, 2.24) is 14.8 Å². The number of aromatic nitrogens is 1. The van der Waals surface area contributed by atoms with Gasteiger partial charge in [0.2, 0.25) is 11.8 Å². The molecule has 0 bridgehead atoms. The van der Waals surface area contributed by atoms with Crippen LogP contribution in [0.5, 0.6) is 0 Å². The van der Waals surface area contributed by atoms with Crippen molar-refractivity contribution in [2.24, 2.45) is 5.92 Å². The summed E-state index contributed by atoms with van der Waals surface area (Å²) in [6.45, 7) is 5.62. The number of pyridine rings is 1. The highest BCUT2D eigenvalue weighted by Crippen LogP contribution is 2.33. The summed E-state index contributed by atoms with van der Waals surface area (Å²) in [6.07, 6.45) is 2.53. The Balaban J connectivity index is 1.67. The third kappa shape index (κ3) is 3.21. The number of fused-ring (bicyclic) bond motifs is 1. The van der Waals surface area contributed by atoms with E-state index < -0.39 is 5.82 Å². The molecule has 0 aromatic carbocycles. The Kier molecular flexibility index (Phi) is 4.33. The Hall–Kier alpha value is -1.98. The van der Waals surface area contributed by atoms with E-state index in [0.717, 1.165) is 19.2 Å². The monoisotopic (exact) mass is 319 g/mol. The highest BCUT2D eigenvalue weighted by atomic mass is 19.1. The molecule has 23 heavy (non-hydrogen) atoms. The second-order valence-corrected chi connectivity index (χ2v) is 6.80. The van der Waals surface area contributed by atoms with Crippen molar-refractivity contribution in [3.8, 4) is 0 Å². The van der Waals surface area contributed by atoms with E-state index in [0.29, 0.717) is 24.6 Å². The van der Waals surface area contributed by atoms with Crippen molar-refractivity contribution in [2.75, 3.05) is 13.1 Å². The lowest BCUT2D eigenvalue weighted by Gasteiger charge is -2.26. The fourth-order valence-electron chi connectivity index (χ4n) is 3.64. The molecule has 2 aliphatic rings. The minimum atomic E-state index is -0.409. The summed E-state index contributed by atoms with van der Waals surface area (Å²) in [5.74, 6) is 0.126. The third-order valence-corrected chi connectivity index (χ3v) is 4.62. The van der Waals surface area contributed by atoms with Crippen LogP contribution in [0.25, 0.3) is 0 Å². The first-order valence-corrected chi connectivity index (χ1v) is 8.15. The van der Waals surface area contributed by atoms with Gasteiger partial charge in [-0.25, -0.2) is 4.39 Å². The van der Waals surface area contributed by atoms with Crippen LogP contribution in [0.2, 0.25) is 0 Å². The Morgan fingerprint density at radius 1 is 1.39 bits per heavy atom. The first kappa shape index (κ1) is 15.9. The van der Waals surface area contributed by atoms with E-state index in [1.54, 1.807) is 0 Å². The van der Waals surface area contributed by atoms with Gasteiger partial charge in [-0.2, -0.15) is 0 Å². The Morgan fingerprint density at radius 3 is 2.83 bits per heavy atom. The van der Waals surface area contributed by atoms with E-state index in [-0.39, 0.29) is 30.3 Å². The van der Waals surface area contributed by atoms with E-state index in [9.17, 15) is 14.0 Å². The number of likely N-dealkylation sites (tertiary alicyclic amines) is 2. The molecule has 5 nitrogen and oxygen atoms in total. The molecule has 0 radical (unpaired) electrons. The number of carbonyl (C=O) groups is 2. The van der Waals surface area contributed by atoms with Gasteiger partial charge in [-0.15, -0.1) is 0 Å². The molecular formula is C17H22FN3O2. The van der Waals surface area contributed by atoms with Crippen LogP contribution in [0.15, 0.2) is 18.3 Å². The maximum absolute atomic E-state index is 12.9. The van der Waals surface area contributed by atoms with E-state index in [4.69, 9.17) is 0 Å². The zero-order valence-electron chi connectivity index (χ0n) is 13.5. The number of halogens is 1. The zero-order valence-corrected chi connectivity index (χ0v) is 13.5. The number of nitrogens with zero attached hydrogens (tertiary/aromatic N) is 3. The molecule has 0 saturated carbocycles. The molecule has 0 aliphatic carbocycles. The Labute approximate surface area is 135 Å². The highest BCUT2D eigenvalue weighted by Gasteiger charge is 2.48. The van der Waals surface area contributed by atoms with Crippen molar-refractivity contribution < 1.29 is 14.0 Å². The van der Waals surface area contributed by atoms with Gasteiger partial charge in [0.25, 0.3) is 0 Å². The van der Waals surface area contributed by atoms with Crippen LogP contribution < -0.4 is 0 Å². The summed E-state index contributed by atoms with van der Waals surface area (Å²) >= 11 is 0. The quantitative estimate of drug-likeness (QED) is 0.847. The predicted molar refractivity (Wildman–Crippen MR) is 83.0 cm³/mol. The van der Waals surface area contributed by atoms with Crippen molar-refractivity contribution in [3.63, 3.8) is 0 Å². The summed E-state index contributed by atoms with van der Waals surface area (Å²) in [5, 5.41) is 0. The molecule has 0 N–H and O–H groups in total. The van der Waals surface area contributed by atoms with Crippen LogP contribution in [0.1, 0.15) is 32.4 Å². The largest absolute Gasteiger partial charge is 0.337 e. The lowest BCUT2D eigenvalue weighted by atomic mass is 10.1. The fraction of sp³-hybridized carbons (Fsp3) is 0.588. The minimum absolute atomic E-state index is 0.0193. The average molecular weight is 319 g/mol. The molecule has 2 aliphatic heterocycles. The van der Waals surface area contributed by atoms with Gasteiger partial charge >= 0.3 is 0 Å². The molecule has 0 unspecified atom stereocenters. The Bertz CT molecular complexity index is 602. The van der Waals surface area contributed by atoms with Gasteiger partial charge in [-0.05, 0) is 24.5 Å². The summed E-state index contributed by atoms with van der Waals surface area (Å²) in [6, 6.07) is 2.97. The molecule has 0 spiro atoms. The first-order valence-electron chi connectivity index (χ1n) is 8.15. The molecule has 3 heterocycles. The summed E-state index contributed by atoms with van der Waals surface area (Å²) in [4.78, 5) is 32.5. The van der Waals surface area contributed by atoms with E-state index in [1.165, 1.54) is 12.1 Å². The second kappa shape index (κ2) is 6.26. The van der Waals surface area contributed by atoms with E-state index in [1.807, 2.05) is 9.80 Å². The topological polar surface area (TPSA) is 53.5 Å². The van der Waals surface area contributed by atoms with Gasteiger partial charge in [-0.1, -0.05) is 13.8 Å². The summed E-state index contributed by atoms with van der Waals surface area (Å²) in [5.41, 5.74) is 0.559. The maximum atomic E-state index is 12.9. The first-order chi connectivity index (χ1) is 11.0. The third-order valence-electron chi connectivity index (χ3n) is 4.62. The van der Waals surface area contributed by atoms with E-state index in [2.05, 4.69) is 18.8 Å². The molecule has 124 valence electrons. The van der Waals surface area contributed by atoms with Crippen molar-refractivity contribution >= 4 is 11.8 Å². The van der Waals surface area contributed by atoms with Gasteiger partial charge < -0.3 is 9.80 Å². The number of hydrogen-bond acceptors (Lipinski definition) is 3. The van der Waals surface area contributed by atoms with Gasteiger partial charge in [0.05, 0.1) is 24.7 Å². The van der Waals surface area contributed by atoms with E-state index >= 15 is 0 Å². The summed E-state index contributed by atoms with van der Waals surface area (Å²) < 4.78 is 12.9. The number of hydrogen-bond donors (Lipinski definition) is 0. The maximum Gasteiger partial charge on any atom is 0.228 e. The zero-order chi connectivity index (χ0) is 16.6. The number of carbonyl (C=O) groups excluding carboxylic acids is 2. The predicted octanol–water partition coefficient (Wildman–Crippen LogP) is 1.62. The van der Waals surface area contributed by atoms with Crippen LogP contribution in [-0.4, -0.2) is 51.8 Å². The number of amides is 2. The molecule has 1 aromatic rings. The lowest BCUT2D eigenvalue weighted by molar-refractivity contribution is -0.131. The van der Waals surface area contributed by atoms with Crippen LogP contribution in [0.4, 0.5) is 4.39 Å². The van der Waals surface area contributed by atoms with Gasteiger partial charge in [0, 0.05) is 25.2 Å². The standard InChI is InChI=1S/C17H22FN3O2/c1-11(2)10-21-14-5-6-20(15(14)8-17(21)23)16(22)7-13-4-3-12(18)9-19-13/h3-4,9,11,14-15H,5-8,10H2,1-2H3/t14-,15+/m0/s1. The van der Waals surface area contributed by atoms with Crippen molar-refractivity contribution in [3.05, 3.63) is 29.8 Å². The van der Waals surface area contributed by atoms with Crippen molar-refractivity contribution in [1.29, 1.82) is 0 Å².